The Bertz CT molecular complexity index is 514. The first kappa shape index (κ1) is 13.3. The van der Waals surface area contributed by atoms with Gasteiger partial charge in [-0.25, -0.2) is 5.43 Å². The van der Waals surface area contributed by atoms with Crippen LogP contribution >= 0.6 is 0 Å². The molecule has 0 aromatic heterocycles. The average Bonchev–Trinajstić information content (AvgIpc) is 3.31. The highest BCUT2D eigenvalue weighted by molar-refractivity contribution is 5.81. The molecular formula is C17H23N3O. The van der Waals surface area contributed by atoms with Gasteiger partial charge in [0.1, 0.15) is 0 Å². The molecule has 3 N–H and O–H groups in total. The summed E-state index contributed by atoms with van der Waals surface area (Å²) < 4.78 is 0. The van der Waals surface area contributed by atoms with Crippen LogP contribution in [0.4, 0.5) is 0 Å². The van der Waals surface area contributed by atoms with Gasteiger partial charge in [0, 0.05) is 17.9 Å². The van der Waals surface area contributed by atoms with Gasteiger partial charge in [-0.05, 0) is 43.6 Å². The molecule has 3 aliphatic rings. The highest BCUT2D eigenvalue weighted by Gasteiger charge is 2.42. The van der Waals surface area contributed by atoms with Crippen molar-refractivity contribution in [2.45, 2.75) is 50.2 Å². The quantitative estimate of drug-likeness (QED) is 0.795. The van der Waals surface area contributed by atoms with Crippen LogP contribution < -0.4 is 16.2 Å². The molecule has 1 aliphatic heterocycles. The fourth-order valence-electron chi connectivity index (χ4n) is 3.85. The number of rotatable bonds is 3. The second-order valence-corrected chi connectivity index (χ2v) is 6.74. The molecule has 4 unspecified atom stereocenters. The molecule has 112 valence electrons. The van der Waals surface area contributed by atoms with Crippen molar-refractivity contribution in [3.63, 3.8) is 0 Å². The van der Waals surface area contributed by atoms with E-state index < -0.39 is 0 Å². The second kappa shape index (κ2) is 5.43. The number of hydrazine groups is 1. The van der Waals surface area contributed by atoms with E-state index in [1.54, 1.807) is 0 Å². The van der Waals surface area contributed by atoms with E-state index in [4.69, 9.17) is 0 Å². The third kappa shape index (κ3) is 2.70. The summed E-state index contributed by atoms with van der Waals surface area (Å²) in [6.07, 6.45) is 5.77. The topological polar surface area (TPSA) is 53.2 Å². The van der Waals surface area contributed by atoms with Gasteiger partial charge in [0.25, 0.3) is 0 Å². The number of fused-ring (bicyclic) bond motifs is 1. The van der Waals surface area contributed by atoms with E-state index in [1.807, 2.05) is 0 Å². The number of benzene rings is 1. The van der Waals surface area contributed by atoms with Crippen molar-refractivity contribution >= 4 is 5.91 Å². The minimum Gasteiger partial charge on any atom is -0.339 e. The number of carbonyl (C=O) groups is 1. The van der Waals surface area contributed by atoms with Gasteiger partial charge in [0.15, 0.2) is 0 Å². The molecule has 0 bridgehead atoms. The number of hydrogen-bond acceptors (Lipinski definition) is 3. The van der Waals surface area contributed by atoms with Gasteiger partial charge in [-0.15, -0.1) is 0 Å². The monoisotopic (exact) mass is 285 g/mol. The Balaban J connectivity index is 1.39. The molecule has 1 aromatic carbocycles. The highest BCUT2D eigenvalue weighted by Crippen LogP contribution is 2.38. The summed E-state index contributed by atoms with van der Waals surface area (Å²) in [6.45, 7) is 0. The maximum absolute atomic E-state index is 11.9. The van der Waals surface area contributed by atoms with Crippen molar-refractivity contribution in [1.29, 1.82) is 0 Å². The Morgan fingerprint density at radius 1 is 1.05 bits per heavy atom. The fraction of sp³-hybridized carbons (Fsp3) is 0.588. The van der Waals surface area contributed by atoms with Gasteiger partial charge >= 0.3 is 0 Å². The standard InChI is InChI=1S/C17H23N3O/c21-17(12-6-7-12)18-16-14-9-8-13(10-15(14)19-20-16)11-4-2-1-3-5-11/h1-5,12-16,19-20H,6-10H2,(H,18,21). The van der Waals surface area contributed by atoms with Gasteiger partial charge in [0.2, 0.25) is 5.91 Å². The zero-order valence-corrected chi connectivity index (χ0v) is 12.2. The summed E-state index contributed by atoms with van der Waals surface area (Å²) in [5, 5.41) is 3.18. The van der Waals surface area contributed by atoms with Crippen LogP contribution in [0.1, 0.15) is 43.6 Å². The molecule has 1 saturated heterocycles. The van der Waals surface area contributed by atoms with Crippen LogP contribution in [-0.2, 0) is 4.79 Å². The lowest BCUT2D eigenvalue weighted by molar-refractivity contribution is -0.123. The molecule has 1 aromatic rings. The smallest absolute Gasteiger partial charge is 0.224 e. The van der Waals surface area contributed by atoms with Crippen LogP contribution in [0.25, 0.3) is 0 Å². The molecule has 21 heavy (non-hydrogen) atoms. The van der Waals surface area contributed by atoms with Crippen molar-refractivity contribution in [2.75, 3.05) is 0 Å². The zero-order chi connectivity index (χ0) is 14.2. The molecule has 1 amide bonds. The van der Waals surface area contributed by atoms with Crippen LogP contribution in [0.3, 0.4) is 0 Å². The summed E-state index contributed by atoms with van der Waals surface area (Å²) in [5.41, 5.74) is 8.16. The lowest BCUT2D eigenvalue weighted by Crippen LogP contribution is -2.47. The van der Waals surface area contributed by atoms with E-state index >= 15 is 0 Å². The van der Waals surface area contributed by atoms with Crippen molar-refractivity contribution in [3.8, 4) is 0 Å². The summed E-state index contributed by atoms with van der Waals surface area (Å²) >= 11 is 0. The molecule has 3 fully saturated rings. The Morgan fingerprint density at radius 2 is 1.86 bits per heavy atom. The first-order valence-corrected chi connectivity index (χ1v) is 8.17. The molecule has 4 rings (SSSR count). The minimum atomic E-state index is 0.111. The van der Waals surface area contributed by atoms with E-state index in [0.717, 1.165) is 19.3 Å². The molecule has 0 spiro atoms. The molecule has 4 atom stereocenters. The van der Waals surface area contributed by atoms with E-state index in [2.05, 4.69) is 46.5 Å². The Hall–Kier alpha value is -1.39. The van der Waals surface area contributed by atoms with Gasteiger partial charge in [-0.2, -0.15) is 0 Å². The van der Waals surface area contributed by atoms with Crippen molar-refractivity contribution in [2.24, 2.45) is 11.8 Å². The van der Waals surface area contributed by atoms with E-state index in [-0.39, 0.29) is 18.0 Å². The molecular weight excluding hydrogens is 262 g/mol. The predicted molar refractivity (Wildman–Crippen MR) is 81.2 cm³/mol. The first-order valence-electron chi connectivity index (χ1n) is 8.17. The molecule has 2 aliphatic carbocycles. The predicted octanol–water partition coefficient (Wildman–Crippen LogP) is 1.90. The van der Waals surface area contributed by atoms with Crippen molar-refractivity contribution < 1.29 is 4.79 Å². The zero-order valence-electron chi connectivity index (χ0n) is 12.2. The average molecular weight is 285 g/mol. The summed E-state index contributed by atoms with van der Waals surface area (Å²) in [7, 11) is 0. The minimum absolute atomic E-state index is 0.111. The van der Waals surface area contributed by atoms with Crippen LogP contribution in [0, 0.1) is 11.8 Å². The van der Waals surface area contributed by atoms with Gasteiger partial charge in [0.05, 0.1) is 6.17 Å². The Labute approximate surface area is 125 Å². The van der Waals surface area contributed by atoms with Gasteiger partial charge < -0.3 is 5.32 Å². The maximum Gasteiger partial charge on any atom is 0.224 e. The van der Waals surface area contributed by atoms with E-state index in [1.165, 1.54) is 18.4 Å². The van der Waals surface area contributed by atoms with Gasteiger partial charge in [-0.1, -0.05) is 30.3 Å². The van der Waals surface area contributed by atoms with Gasteiger partial charge in [-0.3, -0.25) is 10.2 Å². The summed E-state index contributed by atoms with van der Waals surface area (Å²) in [5.74, 6) is 1.68. The van der Waals surface area contributed by atoms with Crippen LogP contribution in [0.5, 0.6) is 0 Å². The normalized spacial score (nSPS) is 35.2. The lowest BCUT2D eigenvalue weighted by Gasteiger charge is -2.33. The highest BCUT2D eigenvalue weighted by atomic mass is 16.2. The van der Waals surface area contributed by atoms with Crippen molar-refractivity contribution in [1.82, 2.24) is 16.2 Å². The SMILES string of the molecule is O=C(NC1NNC2CC(c3ccccc3)CCC21)C1CC1. The third-order valence-corrected chi connectivity index (χ3v) is 5.27. The Morgan fingerprint density at radius 3 is 2.62 bits per heavy atom. The van der Waals surface area contributed by atoms with E-state index in [0.29, 0.717) is 17.9 Å². The van der Waals surface area contributed by atoms with Crippen molar-refractivity contribution in [3.05, 3.63) is 35.9 Å². The molecule has 4 heteroatoms. The van der Waals surface area contributed by atoms with Crippen LogP contribution in [0.2, 0.25) is 0 Å². The first-order chi connectivity index (χ1) is 10.3. The number of carbonyl (C=O) groups excluding carboxylic acids is 1. The number of nitrogens with one attached hydrogen (secondary N) is 3. The summed E-state index contributed by atoms with van der Waals surface area (Å²) in [6, 6.07) is 11.3. The number of amides is 1. The van der Waals surface area contributed by atoms with E-state index in [9.17, 15) is 4.79 Å². The fourth-order valence-corrected chi connectivity index (χ4v) is 3.85. The largest absolute Gasteiger partial charge is 0.339 e. The lowest BCUT2D eigenvalue weighted by atomic mass is 9.75. The Kier molecular flexibility index (Phi) is 3.43. The van der Waals surface area contributed by atoms with Crippen LogP contribution in [-0.4, -0.2) is 18.1 Å². The number of hydrogen-bond donors (Lipinski definition) is 3. The molecule has 1 heterocycles. The maximum atomic E-state index is 11.9. The van der Waals surface area contributed by atoms with Crippen LogP contribution in [0.15, 0.2) is 30.3 Å². The second-order valence-electron chi connectivity index (χ2n) is 6.74. The summed E-state index contributed by atoms with van der Waals surface area (Å²) in [4.78, 5) is 11.9. The molecule has 0 radical (unpaired) electrons. The third-order valence-electron chi connectivity index (χ3n) is 5.27. The molecule has 2 saturated carbocycles. The molecule has 4 nitrogen and oxygen atoms in total.